The molecule has 2 aromatic heterocycles. The molecule has 1 N–H and O–H groups in total. The Morgan fingerprint density at radius 1 is 1.26 bits per heavy atom. The summed E-state index contributed by atoms with van der Waals surface area (Å²) in [7, 11) is 4.15. The van der Waals surface area contributed by atoms with Crippen molar-refractivity contribution in [3.8, 4) is 9.88 Å². The van der Waals surface area contributed by atoms with Crippen LogP contribution in [0.4, 0.5) is 5.13 Å². The van der Waals surface area contributed by atoms with E-state index in [1.54, 1.807) is 22.7 Å². The summed E-state index contributed by atoms with van der Waals surface area (Å²) >= 11 is 3.30. The van der Waals surface area contributed by atoms with Gasteiger partial charge in [0.25, 0.3) is 0 Å². The van der Waals surface area contributed by atoms with Crippen LogP contribution in [0.5, 0.6) is 0 Å². The topological polar surface area (TPSA) is 53.9 Å². The molecule has 0 fully saturated rings. The zero-order valence-electron chi connectivity index (χ0n) is 11.5. The van der Waals surface area contributed by atoms with E-state index in [4.69, 9.17) is 0 Å². The molecular formula is C12H19N5S2. The Kier molecular flexibility index (Phi) is 5.24. The molecule has 0 amide bonds. The molecule has 0 bridgehead atoms. The van der Waals surface area contributed by atoms with E-state index < -0.39 is 0 Å². The van der Waals surface area contributed by atoms with E-state index in [0.29, 0.717) is 0 Å². The average Bonchev–Trinajstić information content (AvgIpc) is 3.02. The van der Waals surface area contributed by atoms with Crippen LogP contribution in [0, 0.1) is 0 Å². The monoisotopic (exact) mass is 297 g/mol. The fourth-order valence-electron chi connectivity index (χ4n) is 1.47. The first kappa shape index (κ1) is 14.4. The Bertz CT molecular complexity index is 506. The van der Waals surface area contributed by atoms with Crippen molar-refractivity contribution >= 4 is 27.8 Å². The first-order valence-electron chi connectivity index (χ1n) is 6.36. The van der Waals surface area contributed by atoms with Gasteiger partial charge in [0, 0.05) is 25.7 Å². The summed E-state index contributed by atoms with van der Waals surface area (Å²) in [4.78, 5) is 7.72. The zero-order valence-corrected chi connectivity index (χ0v) is 13.1. The van der Waals surface area contributed by atoms with Crippen molar-refractivity contribution in [2.24, 2.45) is 0 Å². The van der Waals surface area contributed by atoms with E-state index in [9.17, 15) is 0 Å². The van der Waals surface area contributed by atoms with Crippen molar-refractivity contribution in [3.63, 3.8) is 0 Å². The summed E-state index contributed by atoms with van der Waals surface area (Å²) in [6.45, 7) is 4.09. The summed E-state index contributed by atoms with van der Waals surface area (Å²) in [6.07, 6.45) is 3.97. The number of rotatable bonds is 7. The van der Waals surface area contributed by atoms with Gasteiger partial charge in [-0.05, 0) is 20.5 Å². The van der Waals surface area contributed by atoms with Crippen molar-refractivity contribution in [2.45, 2.75) is 19.8 Å². The number of anilines is 1. The molecule has 0 saturated heterocycles. The lowest BCUT2D eigenvalue weighted by Crippen LogP contribution is -2.14. The van der Waals surface area contributed by atoms with E-state index in [0.717, 1.165) is 46.0 Å². The Morgan fingerprint density at radius 2 is 2.11 bits per heavy atom. The first-order chi connectivity index (χ1) is 9.19. The predicted molar refractivity (Wildman–Crippen MR) is 82.1 cm³/mol. The van der Waals surface area contributed by atoms with Gasteiger partial charge in [0.1, 0.15) is 0 Å². The molecule has 0 unspecified atom stereocenters. The van der Waals surface area contributed by atoms with Gasteiger partial charge in [0.2, 0.25) is 5.13 Å². The van der Waals surface area contributed by atoms with E-state index >= 15 is 0 Å². The summed E-state index contributed by atoms with van der Waals surface area (Å²) in [5.74, 6) is 0. The van der Waals surface area contributed by atoms with Crippen LogP contribution in [0.1, 0.15) is 18.4 Å². The highest BCUT2D eigenvalue weighted by Gasteiger charge is 2.10. The number of likely N-dealkylation sites (N-methyl/N-ethyl adjacent to an activating group) is 1. The molecule has 104 valence electrons. The van der Waals surface area contributed by atoms with Crippen LogP contribution in [0.2, 0.25) is 0 Å². The van der Waals surface area contributed by atoms with E-state index in [1.165, 1.54) is 0 Å². The second kappa shape index (κ2) is 6.93. The fraction of sp³-hybridized carbons (Fsp3) is 0.583. The molecule has 0 radical (unpaired) electrons. The van der Waals surface area contributed by atoms with E-state index in [2.05, 4.69) is 46.4 Å². The number of hydrogen-bond acceptors (Lipinski definition) is 7. The van der Waals surface area contributed by atoms with Gasteiger partial charge in [0.05, 0.1) is 9.88 Å². The summed E-state index contributed by atoms with van der Waals surface area (Å²) in [6, 6.07) is 0. The van der Waals surface area contributed by atoms with Gasteiger partial charge >= 0.3 is 0 Å². The summed E-state index contributed by atoms with van der Waals surface area (Å²) in [5.41, 5.74) is 0. The largest absolute Gasteiger partial charge is 0.360 e. The average molecular weight is 297 g/mol. The smallest absolute Gasteiger partial charge is 0.206 e. The zero-order chi connectivity index (χ0) is 13.7. The van der Waals surface area contributed by atoms with Crippen molar-refractivity contribution in [1.82, 2.24) is 20.1 Å². The lowest BCUT2D eigenvalue weighted by Gasteiger charge is -2.06. The van der Waals surface area contributed by atoms with Gasteiger partial charge in [0.15, 0.2) is 5.01 Å². The minimum absolute atomic E-state index is 0.889. The molecule has 0 saturated carbocycles. The Hall–Kier alpha value is -1.05. The van der Waals surface area contributed by atoms with Crippen LogP contribution in [0.15, 0.2) is 6.20 Å². The molecule has 0 aliphatic heterocycles. The fourth-order valence-corrected chi connectivity index (χ4v) is 3.18. The number of nitrogens with one attached hydrogen (secondary N) is 1. The number of hydrogen-bond donors (Lipinski definition) is 1. The molecule has 0 aliphatic carbocycles. The highest BCUT2D eigenvalue weighted by Crippen LogP contribution is 2.30. The Balaban J connectivity index is 1.99. The van der Waals surface area contributed by atoms with Crippen molar-refractivity contribution < 1.29 is 0 Å². The molecule has 2 rings (SSSR count). The summed E-state index contributed by atoms with van der Waals surface area (Å²) in [5, 5.41) is 14.6. The van der Waals surface area contributed by atoms with Crippen LogP contribution >= 0.6 is 22.7 Å². The van der Waals surface area contributed by atoms with Gasteiger partial charge in [-0.3, -0.25) is 0 Å². The third kappa shape index (κ3) is 4.22. The molecule has 2 heterocycles. The highest BCUT2D eigenvalue weighted by atomic mass is 32.1. The normalized spacial score (nSPS) is 11.2. The molecule has 0 aliphatic rings. The Morgan fingerprint density at radius 3 is 2.84 bits per heavy atom. The van der Waals surface area contributed by atoms with Crippen LogP contribution in [0.25, 0.3) is 9.88 Å². The molecule has 5 nitrogen and oxygen atoms in total. The molecule has 0 spiro atoms. The van der Waals surface area contributed by atoms with Crippen LogP contribution in [-0.4, -0.2) is 47.3 Å². The number of aromatic nitrogens is 3. The lowest BCUT2D eigenvalue weighted by molar-refractivity contribution is 0.413. The third-order valence-electron chi connectivity index (χ3n) is 2.49. The maximum absolute atomic E-state index is 4.45. The van der Waals surface area contributed by atoms with Gasteiger partial charge in [-0.25, -0.2) is 4.98 Å². The lowest BCUT2D eigenvalue weighted by atomic mass is 10.4. The van der Waals surface area contributed by atoms with Gasteiger partial charge in [-0.1, -0.05) is 18.3 Å². The molecule has 0 aromatic carbocycles. The molecule has 2 aromatic rings. The predicted octanol–water partition coefficient (Wildman–Crippen LogP) is 2.59. The minimum Gasteiger partial charge on any atom is -0.360 e. The van der Waals surface area contributed by atoms with Crippen LogP contribution in [-0.2, 0) is 6.42 Å². The maximum atomic E-state index is 4.45. The minimum atomic E-state index is 0.889. The molecular weight excluding hydrogens is 278 g/mol. The third-order valence-corrected chi connectivity index (χ3v) is 4.60. The second-order valence-electron chi connectivity index (χ2n) is 4.51. The van der Waals surface area contributed by atoms with E-state index in [1.807, 2.05) is 6.20 Å². The quantitative estimate of drug-likeness (QED) is 0.851. The molecule has 7 heteroatoms. The summed E-state index contributed by atoms with van der Waals surface area (Å²) < 4.78 is 0. The second-order valence-corrected chi connectivity index (χ2v) is 6.60. The SMILES string of the molecule is CCCNc1nnc(-c2cnc(CCN(C)C)s2)s1. The Labute approximate surface area is 121 Å². The van der Waals surface area contributed by atoms with Gasteiger partial charge in [-0.15, -0.1) is 21.5 Å². The first-order valence-corrected chi connectivity index (χ1v) is 7.99. The maximum Gasteiger partial charge on any atom is 0.206 e. The number of thiazole rings is 1. The highest BCUT2D eigenvalue weighted by molar-refractivity contribution is 7.23. The van der Waals surface area contributed by atoms with Crippen molar-refractivity contribution in [2.75, 3.05) is 32.5 Å². The molecule has 19 heavy (non-hydrogen) atoms. The molecule has 0 atom stereocenters. The van der Waals surface area contributed by atoms with Crippen LogP contribution < -0.4 is 5.32 Å². The van der Waals surface area contributed by atoms with Crippen molar-refractivity contribution in [1.29, 1.82) is 0 Å². The number of nitrogens with zero attached hydrogens (tertiary/aromatic N) is 4. The van der Waals surface area contributed by atoms with Crippen molar-refractivity contribution in [3.05, 3.63) is 11.2 Å². The van der Waals surface area contributed by atoms with E-state index in [-0.39, 0.29) is 0 Å². The van der Waals surface area contributed by atoms with Crippen LogP contribution in [0.3, 0.4) is 0 Å². The standard InChI is InChI=1S/C12H19N5S2/c1-4-6-13-12-16-15-11(19-12)9-8-14-10(18-9)5-7-17(2)3/h8H,4-7H2,1-3H3,(H,13,16). The van der Waals surface area contributed by atoms with Gasteiger partial charge in [-0.2, -0.15) is 0 Å². The van der Waals surface area contributed by atoms with Gasteiger partial charge < -0.3 is 10.2 Å².